The van der Waals surface area contributed by atoms with Crippen LogP contribution in [-0.2, 0) is 0 Å². The fourth-order valence-electron chi connectivity index (χ4n) is 0.686. The Morgan fingerprint density at radius 2 is 2.40 bits per heavy atom. The first-order valence-corrected chi connectivity index (χ1v) is 3.93. The Balaban J connectivity index is 3.29. The number of thiocarbonyl (C=S) groups is 1. The third-order valence-electron chi connectivity index (χ3n) is 1.27. The van der Waals surface area contributed by atoms with Gasteiger partial charge in [0, 0.05) is 6.54 Å². The Hall–Kier alpha value is -0.370. The minimum absolute atomic E-state index is 0.635. The average Bonchev–Trinajstić information content (AvgIpc) is 1.85. The van der Waals surface area contributed by atoms with Crippen molar-refractivity contribution < 1.29 is 0 Å². The molecule has 0 aromatic heterocycles. The van der Waals surface area contributed by atoms with Gasteiger partial charge >= 0.3 is 0 Å². The molecule has 58 valence electrons. The molecule has 1 atom stereocenters. The average molecular weight is 157 g/mol. The van der Waals surface area contributed by atoms with E-state index in [0.29, 0.717) is 5.92 Å². The summed E-state index contributed by atoms with van der Waals surface area (Å²) in [7, 11) is 0. The van der Waals surface area contributed by atoms with E-state index >= 15 is 0 Å². The zero-order valence-electron chi connectivity index (χ0n) is 6.68. The molecule has 0 spiro atoms. The molecule has 1 N–H and O–H groups in total. The molecule has 10 heavy (non-hydrogen) atoms. The molecule has 0 aromatic rings. The van der Waals surface area contributed by atoms with E-state index in [1.807, 2.05) is 13.0 Å². The first kappa shape index (κ1) is 9.63. The second kappa shape index (κ2) is 5.42. The molecule has 0 aliphatic carbocycles. The van der Waals surface area contributed by atoms with Crippen LogP contribution in [0.4, 0.5) is 0 Å². The minimum Gasteiger partial charge on any atom is -0.380 e. The van der Waals surface area contributed by atoms with Gasteiger partial charge in [-0.05, 0) is 19.3 Å². The minimum atomic E-state index is 0.635. The number of rotatable bonds is 4. The lowest BCUT2D eigenvalue weighted by molar-refractivity contribution is 0.577. The van der Waals surface area contributed by atoms with Crippen LogP contribution in [0.5, 0.6) is 0 Å². The van der Waals surface area contributed by atoms with E-state index in [1.165, 1.54) is 0 Å². The Labute approximate surface area is 68.5 Å². The zero-order chi connectivity index (χ0) is 7.98. The SMILES string of the molecule is C=CC[C@H](C)CNC(C)=S. The Morgan fingerprint density at radius 3 is 2.80 bits per heavy atom. The van der Waals surface area contributed by atoms with Gasteiger partial charge in [0.25, 0.3) is 0 Å². The van der Waals surface area contributed by atoms with Gasteiger partial charge in [-0.25, -0.2) is 0 Å². The van der Waals surface area contributed by atoms with Gasteiger partial charge in [0.15, 0.2) is 0 Å². The number of allylic oxidation sites excluding steroid dienone is 1. The van der Waals surface area contributed by atoms with Gasteiger partial charge in [0.1, 0.15) is 0 Å². The van der Waals surface area contributed by atoms with Crippen LogP contribution in [0.15, 0.2) is 12.7 Å². The maximum Gasteiger partial charge on any atom is 0.0721 e. The predicted octanol–water partition coefficient (Wildman–Crippen LogP) is 2.14. The predicted molar refractivity (Wildman–Crippen MR) is 50.3 cm³/mol. The maximum atomic E-state index is 4.86. The van der Waals surface area contributed by atoms with Crippen LogP contribution in [0.25, 0.3) is 0 Å². The monoisotopic (exact) mass is 157 g/mol. The van der Waals surface area contributed by atoms with Crippen molar-refractivity contribution in [2.24, 2.45) is 5.92 Å². The van der Waals surface area contributed by atoms with Crippen molar-refractivity contribution in [2.75, 3.05) is 6.54 Å². The van der Waals surface area contributed by atoms with Gasteiger partial charge in [-0.15, -0.1) is 6.58 Å². The molecule has 0 bridgehead atoms. The van der Waals surface area contributed by atoms with Crippen molar-refractivity contribution >= 4 is 17.2 Å². The second-order valence-electron chi connectivity index (χ2n) is 2.57. The first-order valence-electron chi connectivity index (χ1n) is 3.52. The van der Waals surface area contributed by atoms with E-state index < -0.39 is 0 Å². The number of hydrogen-bond donors (Lipinski definition) is 1. The third-order valence-corrected chi connectivity index (χ3v) is 1.41. The zero-order valence-corrected chi connectivity index (χ0v) is 7.50. The highest BCUT2D eigenvalue weighted by Gasteiger charge is 1.97. The van der Waals surface area contributed by atoms with Crippen LogP contribution in [-0.4, -0.2) is 11.5 Å². The molecule has 1 nitrogen and oxygen atoms in total. The Bertz CT molecular complexity index is 120. The number of nitrogens with one attached hydrogen (secondary N) is 1. The van der Waals surface area contributed by atoms with E-state index in [1.54, 1.807) is 0 Å². The van der Waals surface area contributed by atoms with E-state index in [0.717, 1.165) is 18.0 Å². The van der Waals surface area contributed by atoms with Gasteiger partial charge in [0.05, 0.1) is 4.99 Å². The lowest BCUT2D eigenvalue weighted by atomic mass is 10.1. The van der Waals surface area contributed by atoms with Crippen LogP contribution in [0, 0.1) is 5.92 Å². The van der Waals surface area contributed by atoms with Crippen LogP contribution in [0.2, 0.25) is 0 Å². The molecule has 0 radical (unpaired) electrons. The van der Waals surface area contributed by atoms with Crippen molar-refractivity contribution in [3.8, 4) is 0 Å². The summed E-state index contributed by atoms with van der Waals surface area (Å²) in [4.78, 5) is 0.871. The largest absolute Gasteiger partial charge is 0.380 e. The summed E-state index contributed by atoms with van der Waals surface area (Å²) < 4.78 is 0. The molecule has 0 saturated carbocycles. The molecule has 0 aliphatic rings. The molecule has 0 rings (SSSR count). The van der Waals surface area contributed by atoms with Gasteiger partial charge < -0.3 is 5.32 Å². The summed E-state index contributed by atoms with van der Waals surface area (Å²) in [5, 5.41) is 3.11. The Morgan fingerprint density at radius 1 is 1.80 bits per heavy atom. The molecule has 2 heteroatoms. The highest BCUT2D eigenvalue weighted by Crippen LogP contribution is 1.99. The highest BCUT2D eigenvalue weighted by molar-refractivity contribution is 7.80. The van der Waals surface area contributed by atoms with Crippen LogP contribution in [0.3, 0.4) is 0 Å². The maximum absolute atomic E-state index is 4.86. The van der Waals surface area contributed by atoms with Crippen LogP contribution >= 0.6 is 12.2 Å². The molecule has 0 heterocycles. The Kier molecular flexibility index (Phi) is 5.22. The number of hydrogen-bond acceptors (Lipinski definition) is 1. The summed E-state index contributed by atoms with van der Waals surface area (Å²) in [6.07, 6.45) is 2.99. The van der Waals surface area contributed by atoms with Crippen LogP contribution < -0.4 is 5.32 Å². The molecular formula is C8H15NS. The van der Waals surface area contributed by atoms with E-state index in [2.05, 4.69) is 18.8 Å². The molecular weight excluding hydrogens is 142 g/mol. The van der Waals surface area contributed by atoms with Crippen molar-refractivity contribution in [3.05, 3.63) is 12.7 Å². The lowest BCUT2D eigenvalue weighted by Gasteiger charge is -2.09. The van der Waals surface area contributed by atoms with Crippen LogP contribution in [0.1, 0.15) is 20.3 Å². The van der Waals surface area contributed by atoms with Gasteiger partial charge in [-0.1, -0.05) is 25.2 Å². The van der Waals surface area contributed by atoms with Crippen molar-refractivity contribution in [3.63, 3.8) is 0 Å². The topological polar surface area (TPSA) is 12.0 Å². The second-order valence-corrected chi connectivity index (χ2v) is 3.18. The van der Waals surface area contributed by atoms with Gasteiger partial charge in [-0.3, -0.25) is 0 Å². The summed E-state index contributed by atoms with van der Waals surface area (Å²) in [5.74, 6) is 0.635. The van der Waals surface area contributed by atoms with Crippen molar-refractivity contribution in [1.29, 1.82) is 0 Å². The molecule has 0 aromatic carbocycles. The smallest absolute Gasteiger partial charge is 0.0721 e. The molecule has 0 fully saturated rings. The van der Waals surface area contributed by atoms with E-state index in [4.69, 9.17) is 12.2 Å². The normalized spacial score (nSPS) is 12.2. The summed E-state index contributed by atoms with van der Waals surface area (Å²) in [5.41, 5.74) is 0. The molecule has 0 unspecified atom stereocenters. The van der Waals surface area contributed by atoms with E-state index in [-0.39, 0.29) is 0 Å². The van der Waals surface area contributed by atoms with Gasteiger partial charge in [-0.2, -0.15) is 0 Å². The molecule has 0 saturated heterocycles. The summed E-state index contributed by atoms with van der Waals surface area (Å²) >= 11 is 4.86. The van der Waals surface area contributed by atoms with E-state index in [9.17, 15) is 0 Å². The quantitative estimate of drug-likeness (QED) is 0.495. The lowest BCUT2D eigenvalue weighted by Crippen LogP contribution is -2.24. The fourth-order valence-corrected chi connectivity index (χ4v) is 0.769. The summed E-state index contributed by atoms with van der Waals surface area (Å²) in [6, 6.07) is 0. The molecule has 0 amide bonds. The first-order chi connectivity index (χ1) is 4.66. The van der Waals surface area contributed by atoms with Gasteiger partial charge in [0.2, 0.25) is 0 Å². The van der Waals surface area contributed by atoms with Crippen molar-refractivity contribution in [2.45, 2.75) is 20.3 Å². The van der Waals surface area contributed by atoms with Crippen molar-refractivity contribution in [1.82, 2.24) is 5.32 Å². The standard InChI is InChI=1S/C8H15NS/c1-4-5-7(2)6-9-8(3)10/h4,7H,1,5-6H2,2-3H3,(H,9,10)/t7-/m0/s1. The molecule has 0 aliphatic heterocycles. The fraction of sp³-hybridized carbons (Fsp3) is 0.625. The highest BCUT2D eigenvalue weighted by atomic mass is 32.1. The third kappa shape index (κ3) is 5.76. The summed E-state index contributed by atoms with van der Waals surface area (Å²) in [6.45, 7) is 8.70.